The molecule has 4 aromatic rings. The number of fused-ring (bicyclic) bond motifs is 1. The number of benzene rings is 3. The third kappa shape index (κ3) is 8.39. The number of allylic oxidation sites excluding steroid dienone is 1. The van der Waals surface area contributed by atoms with Crippen LogP contribution in [0.25, 0.3) is 6.08 Å². The van der Waals surface area contributed by atoms with Crippen LogP contribution in [0.5, 0.6) is 17.2 Å². The molecule has 2 heterocycles. The highest BCUT2D eigenvalue weighted by Gasteiger charge is 2.34. The monoisotopic (exact) mass is 880 g/mol. The normalized spacial score (nSPS) is 14.2. The van der Waals surface area contributed by atoms with E-state index in [1.54, 1.807) is 50.3 Å². The maximum atomic E-state index is 14.3. The molecule has 0 saturated carbocycles. The zero-order valence-electron chi connectivity index (χ0n) is 26.9. The van der Waals surface area contributed by atoms with Crippen LogP contribution in [0.2, 0.25) is 5.02 Å². The van der Waals surface area contributed by atoms with E-state index in [1.165, 1.54) is 23.0 Å². The van der Waals surface area contributed by atoms with E-state index in [9.17, 15) is 14.4 Å². The first-order valence-electron chi connectivity index (χ1n) is 15.1. The summed E-state index contributed by atoms with van der Waals surface area (Å²) in [6.07, 6.45) is 1.77. The van der Waals surface area contributed by atoms with E-state index in [4.69, 9.17) is 35.3 Å². The third-order valence-corrected chi connectivity index (χ3v) is 9.79. The van der Waals surface area contributed by atoms with E-state index in [-0.39, 0.29) is 24.3 Å². The number of carbonyl (C=O) groups excluding carboxylic acids is 2. The topological polar surface area (TPSA) is 115 Å². The van der Waals surface area contributed by atoms with Gasteiger partial charge in [-0.15, -0.1) is 0 Å². The Morgan fingerprint density at radius 3 is 2.49 bits per heavy atom. The molecule has 0 fully saturated rings. The molecule has 14 heteroatoms. The van der Waals surface area contributed by atoms with Crippen molar-refractivity contribution in [3.8, 4) is 17.2 Å². The average Bonchev–Trinajstić information content (AvgIpc) is 3.37. The standard InChI is InChI=1S/C35H31BrClIN2O8S/c1-5-45-27-14-21(9-12-26(27)47-18-29(41)44-4)31-30(34(43)46-6-2)19(3)39-35-40(31)33(42)28(49-35)15-22-13-23(36)16-25(38)32(22)48-17-20-7-10-24(37)11-8-20/h7-16,31H,5-6,17-18H2,1-4H3/b28-15+/t31-/m1/s1. The molecule has 0 unspecified atom stereocenters. The largest absolute Gasteiger partial charge is 0.490 e. The Labute approximate surface area is 313 Å². The number of carbonyl (C=O) groups is 2. The van der Waals surface area contributed by atoms with E-state index in [0.717, 1.165) is 13.6 Å². The molecule has 10 nitrogen and oxygen atoms in total. The summed E-state index contributed by atoms with van der Waals surface area (Å²) in [6.45, 7) is 5.65. The van der Waals surface area contributed by atoms with Gasteiger partial charge in [0.05, 0.1) is 45.7 Å². The lowest BCUT2D eigenvalue weighted by atomic mass is 9.95. The molecule has 1 aliphatic rings. The molecule has 0 amide bonds. The van der Waals surface area contributed by atoms with Crippen molar-refractivity contribution in [2.45, 2.75) is 33.4 Å². The molecule has 0 saturated heterocycles. The fourth-order valence-electron chi connectivity index (χ4n) is 5.10. The van der Waals surface area contributed by atoms with Crippen LogP contribution >= 0.6 is 61.5 Å². The summed E-state index contributed by atoms with van der Waals surface area (Å²) in [4.78, 5) is 44.6. The van der Waals surface area contributed by atoms with Crippen LogP contribution in [-0.2, 0) is 25.7 Å². The Bertz CT molecular complexity index is 2110. The Hall–Kier alpha value is -3.66. The molecular formula is C35H31BrClIN2O8S. The number of ether oxygens (including phenoxy) is 5. The minimum Gasteiger partial charge on any atom is -0.490 e. The number of hydrogen-bond acceptors (Lipinski definition) is 10. The average molecular weight is 882 g/mol. The van der Waals surface area contributed by atoms with Gasteiger partial charge in [-0.3, -0.25) is 9.36 Å². The molecule has 0 aliphatic carbocycles. The molecule has 0 spiro atoms. The van der Waals surface area contributed by atoms with E-state index in [0.29, 0.717) is 61.6 Å². The second kappa shape index (κ2) is 16.4. The summed E-state index contributed by atoms with van der Waals surface area (Å²) in [5.41, 5.74) is 2.46. The van der Waals surface area contributed by atoms with Crippen molar-refractivity contribution in [2.75, 3.05) is 26.9 Å². The van der Waals surface area contributed by atoms with Gasteiger partial charge in [0.1, 0.15) is 12.4 Å². The third-order valence-electron chi connectivity index (χ3n) is 7.29. The van der Waals surface area contributed by atoms with Crippen LogP contribution in [0.4, 0.5) is 0 Å². The second-order valence-electron chi connectivity index (χ2n) is 10.5. The number of nitrogens with zero attached hydrogens (tertiary/aromatic N) is 2. The summed E-state index contributed by atoms with van der Waals surface area (Å²) in [7, 11) is 1.27. The summed E-state index contributed by atoms with van der Waals surface area (Å²) in [5, 5.41) is 0.634. The number of thiazole rings is 1. The molecule has 0 bridgehead atoms. The molecule has 5 rings (SSSR count). The van der Waals surface area contributed by atoms with Gasteiger partial charge in [-0.25, -0.2) is 14.6 Å². The van der Waals surface area contributed by atoms with Crippen LogP contribution in [0, 0.1) is 3.57 Å². The van der Waals surface area contributed by atoms with Crippen molar-refractivity contribution in [1.29, 1.82) is 0 Å². The lowest BCUT2D eigenvalue weighted by Crippen LogP contribution is -2.40. The number of rotatable bonds is 12. The van der Waals surface area contributed by atoms with Crippen LogP contribution in [0.1, 0.15) is 43.5 Å². The molecule has 1 aromatic heterocycles. The summed E-state index contributed by atoms with van der Waals surface area (Å²) in [6, 6.07) is 15.3. The highest BCUT2D eigenvalue weighted by atomic mass is 127. The highest BCUT2D eigenvalue weighted by molar-refractivity contribution is 14.1. The van der Waals surface area contributed by atoms with Gasteiger partial charge in [0.25, 0.3) is 5.56 Å². The Kier molecular flexibility index (Phi) is 12.2. The number of aromatic nitrogens is 1. The fraction of sp³-hybridized carbons (Fsp3) is 0.257. The molecule has 0 N–H and O–H groups in total. The zero-order valence-corrected chi connectivity index (χ0v) is 32.2. The SMILES string of the molecule is CCOC(=O)C1=C(C)N=c2s/c(=C/c3cc(Br)cc(I)c3OCc3ccc(Cl)cc3)c(=O)n2[C@@H]1c1ccc(OCC(=O)OC)c(OCC)c1. The first-order chi connectivity index (χ1) is 23.5. The molecule has 1 atom stereocenters. The quantitative estimate of drug-likeness (QED) is 0.120. The van der Waals surface area contributed by atoms with Gasteiger partial charge >= 0.3 is 11.9 Å². The Morgan fingerprint density at radius 2 is 1.80 bits per heavy atom. The number of methoxy groups -OCH3 is 1. The van der Waals surface area contributed by atoms with Crippen LogP contribution < -0.4 is 29.1 Å². The van der Waals surface area contributed by atoms with Crippen molar-refractivity contribution in [2.24, 2.45) is 4.99 Å². The van der Waals surface area contributed by atoms with Gasteiger partial charge in [-0.1, -0.05) is 57.1 Å². The first-order valence-corrected chi connectivity index (χ1v) is 18.1. The molecule has 3 aromatic carbocycles. The maximum Gasteiger partial charge on any atom is 0.343 e. The lowest BCUT2D eigenvalue weighted by Gasteiger charge is -2.25. The zero-order chi connectivity index (χ0) is 35.2. The molecule has 0 radical (unpaired) electrons. The molecule has 49 heavy (non-hydrogen) atoms. The van der Waals surface area contributed by atoms with Gasteiger partial charge in [0.2, 0.25) is 0 Å². The Balaban J connectivity index is 1.64. The lowest BCUT2D eigenvalue weighted by molar-refractivity contribution is -0.143. The predicted molar refractivity (Wildman–Crippen MR) is 198 cm³/mol. The van der Waals surface area contributed by atoms with Gasteiger partial charge in [0, 0.05) is 15.1 Å². The van der Waals surface area contributed by atoms with Crippen molar-refractivity contribution >= 4 is 79.5 Å². The Morgan fingerprint density at radius 1 is 1.04 bits per heavy atom. The van der Waals surface area contributed by atoms with Crippen LogP contribution in [0.3, 0.4) is 0 Å². The van der Waals surface area contributed by atoms with Gasteiger partial charge in [-0.05, 0) is 97.0 Å². The fourth-order valence-corrected chi connectivity index (χ4v) is 7.97. The number of halogens is 3. The van der Waals surface area contributed by atoms with E-state index >= 15 is 0 Å². The van der Waals surface area contributed by atoms with E-state index in [1.807, 2.05) is 31.2 Å². The van der Waals surface area contributed by atoms with E-state index in [2.05, 4.69) is 43.5 Å². The summed E-state index contributed by atoms with van der Waals surface area (Å²) < 4.78 is 31.4. The minimum atomic E-state index is -0.894. The predicted octanol–water partition coefficient (Wildman–Crippen LogP) is 6.35. The summed E-state index contributed by atoms with van der Waals surface area (Å²) >= 11 is 13.0. The smallest absolute Gasteiger partial charge is 0.343 e. The van der Waals surface area contributed by atoms with Crippen molar-refractivity contribution in [1.82, 2.24) is 4.57 Å². The minimum absolute atomic E-state index is 0.136. The molecule has 256 valence electrons. The van der Waals surface area contributed by atoms with Gasteiger partial charge < -0.3 is 23.7 Å². The number of esters is 2. The second-order valence-corrected chi connectivity index (χ2v) is 14.1. The van der Waals surface area contributed by atoms with Crippen molar-refractivity contribution < 1.29 is 33.3 Å². The summed E-state index contributed by atoms with van der Waals surface area (Å²) in [5.74, 6) is 0.0904. The molecular weight excluding hydrogens is 851 g/mol. The number of hydrogen-bond donors (Lipinski definition) is 0. The van der Waals surface area contributed by atoms with Gasteiger partial charge in [-0.2, -0.15) is 0 Å². The molecule has 1 aliphatic heterocycles. The highest BCUT2D eigenvalue weighted by Crippen LogP contribution is 2.37. The maximum absolute atomic E-state index is 14.3. The first kappa shape index (κ1) is 36.6. The van der Waals surface area contributed by atoms with E-state index < -0.39 is 18.0 Å². The van der Waals surface area contributed by atoms with Crippen LogP contribution in [-0.4, -0.2) is 43.4 Å². The van der Waals surface area contributed by atoms with Gasteiger partial charge in [0.15, 0.2) is 22.9 Å². The van der Waals surface area contributed by atoms with Crippen molar-refractivity contribution in [3.05, 3.63) is 115 Å². The van der Waals surface area contributed by atoms with Crippen molar-refractivity contribution in [3.63, 3.8) is 0 Å². The van der Waals surface area contributed by atoms with Crippen LogP contribution in [0.15, 0.2) is 80.1 Å².